The van der Waals surface area contributed by atoms with E-state index in [-0.39, 0.29) is 11.1 Å². The van der Waals surface area contributed by atoms with Crippen LogP contribution in [0.15, 0.2) is 58.3 Å². The third-order valence-electron chi connectivity index (χ3n) is 6.40. The van der Waals surface area contributed by atoms with Crippen molar-refractivity contribution in [1.82, 2.24) is 0 Å². The van der Waals surface area contributed by atoms with Crippen molar-refractivity contribution in [3.05, 3.63) is 59.7 Å². The first-order valence-electron chi connectivity index (χ1n) is 13.5. The van der Waals surface area contributed by atoms with Crippen LogP contribution in [0.5, 0.6) is 0 Å². The summed E-state index contributed by atoms with van der Waals surface area (Å²) in [6.07, 6.45) is 17.9. The standard InChI is InChI=1S/C16H36P.C14H10O4S/c1-5-9-13-17(14-10-6-2,15-11-7-3)16-12-8-4;15-13(16)9-5-1-3-7-11(9)19-12-8-4-2-6-10(12)14(17)18/h5-16H2,1-4H3;1-8H,(H,15,16)(H,17,18)/q+1;. The molecule has 2 rings (SSSR count). The monoisotopic (exact) mass is 533 g/mol. The highest BCUT2D eigenvalue weighted by Gasteiger charge is 2.34. The van der Waals surface area contributed by atoms with E-state index in [2.05, 4.69) is 27.7 Å². The molecular formula is C30H46O4PS+. The molecule has 0 heterocycles. The lowest BCUT2D eigenvalue weighted by Gasteiger charge is -2.28. The van der Waals surface area contributed by atoms with E-state index < -0.39 is 19.2 Å². The van der Waals surface area contributed by atoms with Crippen molar-refractivity contribution in [3.8, 4) is 0 Å². The SMILES string of the molecule is CCCC[P+](CCCC)(CCCC)CCCC.O=C(O)c1ccccc1Sc1ccccc1C(=O)O. The van der Waals surface area contributed by atoms with Crippen LogP contribution in [-0.4, -0.2) is 46.8 Å². The van der Waals surface area contributed by atoms with Gasteiger partial charge in [-0.25, -0.2) is 9.59 Å². The van der Waals surface area contributed by atoms with E-state index in [1.165, 1.54) is 63.5 Å². The highest BCUT2D eigenvalue weighted by atomic mass is 32.2. The van der Waals surface area contributed by atoms with Gasteiger partial charge in [-0.05, 0) is 49.9 Å². The maximum absolute atomic E-state index is 11.1. The molecule has 0 amide bonds. The molecule has 2 aromatic carbocycles. The van der Waals surface area contributed by atoms with Crippen molar-refractivity contribution in [2.75, 3.05) is 24.6 Å². The van der Waals surface area contributed by atoms with Gasteiger partial charge in [-0.1, -0.05) is 89.4 Å². The van der Waals surface area contributed by atoms with Crippen molar-refractivity contribution in [2.24, 2.45) is 0 Å². The van der Waals surface area contributed by atoms with E-state index >= 15 is 0 Å². The van der Waals surface area contributed by atoms with Crippen molar-refractivity contribution in [2.45, 2.75) is 88.9 Å². The summed E-state index contributed by atoms with van der Waals surface area (Å²) in [6.45, 7) is 9.42. The van der Waals surface area contributed by atoms with Gasteiger partial charge >= 0.3 is 11.9 Å². The lowest BCUT2D eigenvalue weighted by atomic mass is 10.2. The van der Waals surface area contributed by atoms with Gasteiger partial charge in [-0.2, -0.15) is 0 Å². The lowest BCUT2D eigenvalue weighted by molar-refractivity contribution is 0.0683. The highest BCUT2D eigenvalue weighted by Crippen LogP contribution is 2.61. The molecule has 0 radical (unpaired) electrons. The highest BCUT2D eigenvalue weighted by molar-refractivity contribution is 7.99. The number of carboxylic acids is 2. The maximum Gasteiger partial charge on any atom is 0.336 e. The van der Waals surface area contributed by atoms with Crippen LogP contribution in [-0.2, 0) is 0 Å². The fourth-order valence-electron chi connectivity index (χ4n) is 4.23. The van der Waals surface area contributed by atoms with Crippen LogP contribution in [0.3, 0.4) is 0 Å². The quantitative estimate of drug-likeness (QED) is 0.210. The molecule has 36 heavy (non-hydrogen) atoms. The molecule has 0 saturated carbocycles. The van der Waals surface area contributed by atoms with E-state index in [9.17, 15) is 9.59 Å². The normalized spacial score (nSPS) is 11.0. The molecule has 0 saturated heterocycles. The molecule has 4 nitrogen and oxygen atoms in total. The summed E-state index contributed by atoms with van der Waals surface area (Å²) < 4.78 is 0. The van der Waals surface area contributed by atoms with E-state index in [1.807, 2.05) is 0 Å². The van der Waals surface area contributed by atoms with E-state index in [1.54, 1.807) is 61.0 Å². The van der Waals surface area contributed by atoms with Gasteiger partial charge in [0.15, 0.2) is 0 Å². The third kappa shape index (κ3) is 11.5. The maximum atomic E-state index is 11.1. The average Bonchev–Trinajstić information content (AvgIpc) is 2.88. The number of hydrogen-bond acceptors (Lipinski definition) is 3. The molecule has 0 aliphatic rings. The Kier molecular flexibility index (Phi) is 16.5. The second-order valence-electron chi connectivity index (χ2n) is 9.35. The second-order valence-corrected chi connectivity index (χ2v) is 14.9. The molecule has 0 aliphatic carbocycles. The zero-order chi connectivity index (χ0) is 26.8. The molecule has 200 valence electrons. The van der Waals surface area contributed by atoms with Crippen molar-refractivity contribution < 1.29 is 19.8 Å². The molecule has 2 N–H and O–H groups in total. The van der Waals surface area contributed by atoms with Gasteiger partial charge in [-0.15, -0.1) is 0 Å². The molecule has 0 aliphatic heterocycles. The van der Waals surface area contributed by atoms with Gasteiger partial charge in [0.2, 0.25) is 0 Å². The second kappa shape index (κ2) is 18.4. The Morgan fingerprint density at radius 1 is 0.611 bits per heavy atom. The molecule has 2 aromatic rings. The van der Waals surface area contributed by atoms with E-state index in [4.69, 9.17) is 10.2 Å². The fraction of sp³-hybridized carbons (Fsp3) is 0.533. The Bertz CT molecular complexity index is 822. The van der Waals surface area contributed by atoms with Crippen LogP contribution >= 0.6 is 19.0 Å². The Morgan fingerprint density at radius 2 is 0.917 bits per heavy atom. The number of rotatable bonds is 16. The minimum atomic E-state index is -1.03. The summed E-state index contributed by atoms with van der Waals surface area (Å²) >= 11 is 1.14. The third-order valence-corrected chi connectivity index (χ3v) is 12.6. The number of carbonyl (C=O) groups is 2. The summed E-state index contributed by atoms with van der Waals surface area (Å²) in [5.41, 5.74) is 0.320. The lowest BCUT2D eigenvalue weighted by Crippen LogP contribution is -2.12. The van der Waals surface area contributed by atoms with Crippen molar-refractivity contribution in [3.63, 3.8) is 0 Å². The average molecular weight is 534 g/mol. The summed E-state index contributed by atoms with van der Waals surface area (Å²) in [6, 6.07) is 13.0. The number of aromatic carboxylic acids is 2. The van der Waals surface area contributed by atoms with Crippen molar-refractivity contribution in [1.29, 1.82) is 0 Å². The zero-order valence-corrected chi connectivity index (χ0v) is 24.4. The molecule has 6 heteroatoms. The van der Waals surface area contributed by atoms with Gasteiger partial charge in [-0.3, -0.25) is 0 Å². The van der Waals surface area contributed by atoms with Gasteiger partial charge in [0.05, 0.1) is 35.8 Å². The molecule has 0 bridgehead atoms. The first kappa shape index (κ1) is 32.2. The molecule has 0 spiro atoms. The summed E-state index contributed by atoms with van der Waals surface area (Å²) in [5, 5.41) is 18.2. The summed E-state index contributed by atoms with van der Waals surface area (Å²) in [4.78, 5) is 23.2. The summed E-state index contributed by atoms with van der Waals surface area (Å²) in [7, 11) is -0.562. The number of unbranched alkanes of at least 4 members (excludes halogenated alkanes) is 4. The number of benzene rings is 2. The van der Waals surface area contributed by atoms with Gasteiger partial charge < -0.3 is 10.2 Å². The van der Waals surface area contributed by atoms with Crippen LogP contribution in [0, 0.1) is 0 Å². The van der Waals surface area contributed by atoms with Crippen LogP contribution in [0.25, 0.3) is 0 Å². The molecule has 0 atom stereocenters. The first-order chi connectivity index (χ1) is 17.3. The Balaban J connectivity index is 0.000000363. The summed E-state index contributed by atoms with van der Waals surface area (Å²) in [5.74, 6) is -2.06. The number of carboxylic acid groups (broad SMARTS) is 2. The first-order valence-corrected chi connectivity index (χ1v) is 16.9. The molecule has 0 aromatic heterocycles. The minimum absolute atomic E-state index is 0.160. The zero-order valence-electron chi connectivity index (χ0n) is 22.7. The Hall–Kier alpha value is -1.84. The molecule has 0 fully saturated rings. The number of hydrogen-bond donors (Lipinski definition) is 2. The predicted octanol–water partition coefficient (Wildman–Crippen LogP) is 9.44. The molecular weight excluding hydrogens is 487 g/mol. The minimum Gasteiger partial charge on any atom is -0.478 e. The van der Waals surface area contributed by atoms with E-state index in [0.29, 0.717) is 9.79 Å². The van der Waals surface area contributed by atoms with Gasteiger partial charge in [0.25, 0.3) is 0 Å². The van der Waals surface area contributed by atoms with Gasteiger partial charge in [0, 0.05) is 17.1 Å². The van der Waals surface area contributed by atoms with E-state index in [0.717, 1.165) is 11.8 Å². The topological polar surface area (TPSA) is 74.6 Å². The smallest absolute Gasteiger partial charge is 0.336 e. The Morgan fingerprint density at radius 3 is 1.19 bits per heavy atom. The van der Waals surface area contributed by atoms with Crippen LogP contribution in [0.2, 0.25) is 0 Å². The van der Waals surface area contributed by atoms with Crippen LogP contribution < -0.4 is 0 Å². The Labute approximate surface area is 223 Å². The van der Waals surface area contributed by atoms with Crippen LogP contribution in [0.1, 0.15) is 99.8 Å². The van der Waals surface area contributed by atoms with Gasteiger partial charge in [0.1, 0.15) is 0 Å². The molecule has 0 unspecified atom stereocenters. The van der Waals surface area contributed by atoms with Crippen molar-refractivity contribution >= 4 is 31.0 Å². The predicted molar refractivity (Wildman–Crippen MR) is 157 cm³/mol. The van der Waals surface area contributed by atoms with Crippen LogP contribution in [0.4, 0.5) is 0 Å². The largest absolute Gasteiger partial charge is 0.478 e. The fourth-order valence-corrected chi connectivity index (χ4v) is 10.6.